The topological polar surface area (TPSA) is 64.7 Å². The van der Waals surface area contributed by atoms with E-state index in [0.29, 0.717) is 28.6 Å². The second-order valence-corrected chi connectivity index (χ2v) is 7.77. The number of hydrogen-bond acceptors (Lipinski definition) is 4. The summed E-state index contributed by atoms with van der Waals surface area (Å²) in [6.45, 7) is 4.34. The van der Waals surface area contributed by atoms with Crippen molar-refractivity contribution in [3.63, 3.8) is 0 Å². The molecule has 0 spiro atoms. The van der Waals surface area contributed by atoms with Gasteiger partial charge in [-0.3, -0.25) is 25.3 Å². The van der Waals surface area contributed by atoms with Gasteiger partial charge in [0.25, 0.3) is 0 Å². The van der Waals surface area contributed by atoms with E-state index in [1.54, 1.807) is 18.2 Å². The van der Waals surface area contributed by atoms with E-state index in [-0.39, 0.29) is 18.2 Å². The fraction of sp³-hybridized carbons (Fsp3) is 0.333. The Labute approximate surface area is 180 Å². The average molecular weight is 435 g/mol. The standard InChI is InChI=1S/C21H24Cl2N4O2/c22-17-7-6-16(19(23)15-17)14-21(29)25-24-20(28)8-9-26-10-12-27(13-11-26)18-4-2-1-3-5-18/h1-7,15H,8-14H2,(H,24,28)(H,25,29). The number of hydrogen-bond donors (Lipinski definition) is 2. The van der Waals surface area contributed by atoms with Crippen molar-refractivity contribution in [3.05, 3.63) is 64.1 Å². The summed E-state index contributed by atoms with van der Waals surface area (Å²) in [7, 11) is 0. The second kappa shape index (κ2) is 10.5. The molecule has 1 saturated heterocycles. The molecule has 6 nitrogen and oxygen atoms in total. The van der Waals surface area contributed by atoms with Crippen molar-refractivity contribution in [2.75, 3.05) is 37.6 Å². The first-order chi connectivity index (χ1) is 14.0. The molecule has 1 heterocycles. The highest BCUT2D eigenvalue weighted by Crippen LogP contribution is 2.21. The molecule has 154 valence electrons. The Morgan fingerprint density at radius 3 is 2.28 bits per heavy atom. The molecule has 2 amide bonds. The van der Waals surface area contributed by atoms with Crippen molar-refractivity contribution >= 4 is 40.7 Å². The van der Waals surface area contributed by atoms with Crippen LogP contribution in [0, 0.1) is 0 Å². The molecule has 8 heteroatoms. The van der Waals surface area contributed by atoms with Crippen LogP contribution in [-0.2, 0) is 16.0 Å². The van der Waals surface area contributed by atoms with Crippen molar-refractivity contribution in [1.82, 2.24) is 15.8 Å². The minimum Gasteiger partial charge on any atom is -0.369 e. The van der Waals surface area contributed by atoms with Crippen LogP contribution in [0.4, 0.5) is 5.69 Å². The van der Waals surface area contributed by atoms with Crippen LogP contribution in [0.1, 0.15) is 12.0 Å². The third-order valence-electron chi connectivity index (χ3n) is 4.86. The average Bonchev–Trinajstić information content (AvgIpc) is 2.74. The lowest BCUT2D eigenvalue weighted by molar-refractivity contribution is -0.128. The van der Waals surface area contributed by atoms with Gasteiger partial charge in [0.05, 0.1) is 6.42 Å². The molecular formula is C21H24Cl2N4O2. The van der Waals surface area contributed by atoms with Crippen LogP contribution in [0.15, 0.2) is 48.5 Å². The predicted molar refractivity (Wildman–Crippen MR) is 116 cm³/mol. The maximum absolute atomic E-state index is 12.0. The van der Waals surface area contributed by atoms with E-state index in [2.05, 4.69) is 32.8 Å². The number of benzene rings is 2. The molecule has 0 unspecified atom stereocenters. The first kappa shape index (κ1) is 21.4. The zero-order chi connectivity index (χ0) is 20.6. The van der Waals surface area contributed by atoms with Gasteiger partial charge in [0.15, 0.2) is 0 Å². The molecule has 0 bridgehead atoms. The van der Waals surface area contributed by atoms with Gasteiger partial charge in [0.1, 0.15) is 0 Å². The molecule has 1 fully saturated rings. The molecule has 2 aromatic rings. The molecular weight excluding hydrogens is 411 g/mol. The molecule has 1 aliphatic rings. The van der Waals surface area contributed by atoms with Crippen LogP contribution in [0.3, 0.4) is 0 Å². The van der Waals surface area contributed by atoms with E-state index in [9.17, 15) is 9.59 Å². The number of amides is 2. The Hall–Kier alpha value is -2.28. The Morgan fingerprint density at radius 1 is 0.897 bits per heavy atom. The third-order valence-corrected chi connectivity index (χ3v) is 5.44. The van der Waals surface area contributed by atoms with Crippen LogP contribution in [0.5, 0.6) is 0 Å². The maximum Gasteiger partial charge on any atom is 0.242 e. The lowest BCUT2D eigenvalue weighted by Gasteiger charge is -2.36. The van der Waals surface area contributed by atoms with Crippen LogP contribution < -0.4 is 15.8 Å². The van der Waals surface area contributed by atoms with E-state index in [4.69, 9.17) is 23.2 Å². The predicted octanol–water partition coefficient (Wildman–Crippen LogP) is 2.90. The molecule has 0 radical (unpaired) electrons. The largest absolute Gasteiger partial charge is 0.369 e. The van der Waals surface area contributed by atoms with Gasteiger partial charge >= 0.3 is 0 Å². The summed E-state index contributed by atoms with van der Waals surface area (Å²) < 4.78 is 0. The highest BCUT2D eigenvalue weighted by molar-refractivity contribution is 6.35. The van der Waals surface area contributed by atoms with Crippen molar-refractivity contribution in [1.29, 1.82) is 0 Å². The Balaban J connectivity index is 1.33. The highest BCUT2D eigenvalue weighted by atomic mass is 35.5. The van der Waals surface area contributed by atoms with Gasteiger partial charge in [-0.1, -0.05) is 47.5 Å². The van der Waals surface area contributed by atoms with E-state index in [1.165, 1.54) is 5.69 Å². The first-order valence-corrected chi connectivity index (χ1v) is 10.3. The van der Waals surface area contributed by atoms with Crippen molar-refractivity contribution in [2.24, 2.45) is 0 Å². The summed E-state index contributed by atoms with van der Waals surface area (Å²) in [5.74, 6) is -0.551. The van der Waals surface area contributed by atoms with Gasteiger partial charge in [0, 0.05) is 54.9 Å². The van der Waals surface area contributed by atoms with Crippen molar-refractivity contribution in [2.45, 2.75) is 12.8 Å². The number of hydrazine groups is 1. The number of para-hydroxylation sites is 1. The van der Waals surface area contributed by atoms with E-state index < -0.39 is 0 Å². The van der Waals surface area contributed by atoms with Gasteiger partial charge < -0.3 is 4.90 Å². The highest BCUT2D eigenvalue weighted by Gasteiger charge is 2.17. The number of piperazine rings is 1. The monoisotopic (exact) mass is 434 g/mol. The van der Waals surface area contributed by atoms with Crippen LogP contribution in [-0.4, -0.2) is 49.4 Å². The molecule has 0 aromatic heterocycles. The lowest BCUT2D eigenvalue weighted by atomic mass is 10.1. The quantitative estimate of drug-likeness (QED) is 0.685. The van der Waals surface area contributed by atoms with E-state index >= 15 is 0 Å². The van der Waals surface area contributed by atoms with Crippen LogP contribution >= 0.6 is 23.2 Å². The number of carbonyl (C=O) groups is 2. The summed E-state index contributed by atoms with van der Waals surface area (Å²) in [5.41, 5.74) is 6.78. The summed E-state index contributed by atoms with van der Waals surface area (Å²) in [6.07, 6.45) is 0.394. The molecule has 1 aliphatic heterocycles. The van der Waals surface area contributed by atoms with Crippen LogP contribution in [0.2, 0.25) is 10.0 Å². The normalized spacial score (nSPS) is 14.5. The molecule has 0 atom stereocenters. The molecule has 0 aliphatic carbocycles. The second-order valence-electron chi connectivity index (χ2n) is 6.92. The Bertz CT molecular complexity index is 840. The Kier molecular flexibility index (Phi) is 7.75. The van der Waals surface area contributed by atoms with Crippen molar-refractivity contribution in [3.8, 4) is 0 Å². The molecule has 2 N–H and O–H groups in total. The van der Waals surface area contributed by atoms with E-state index in [1.807, 2.05) is 18.2 Å². The first-order valence-electron chi connectivity index (χ1n) is 9.55. The number of anilines is 1. The SMILES string of the molecule is O=C(CCN1CCN(c2ccccc2)CC1)NNC(=O)Cc1ccc(Cl)cc1Cl. The van der Waals surface area contributed by atoms with Gasteiger partial charge in [-0.15, -0.1) is 0 Å². The van der Waals surface area contributed by atoms with Gasteiger partial charge in [-0.05, 0) is 29.8 Å². The number of nitrogens with one attached hydrogen (secondary N) is 2. The number of carbonyl (C=O) groups excluding carboxylic acids is 2. The van der Waals surface area contributed by atoms with Gasteiger partial charge in [0.2, 0.25) is 11.8 Å². The van der Waals surface area contributed by atoms with Crippen LogP contribution in [0.25, 0.3) is 0 Å². The Morgan fingerprint density at radius 2 is 1.59 bits per heavy atom. The number of halogens is 2. The smallest absolute Gasteiger partial charge is 0.242 e. The summed E-state index contributed by atoms with van der Waals surface area (Å²) in [6, 6.07) is 15.3. The zero-order valence-corrected chi connectivity index (χ0v) is 17.5. The molecule has 2 aromatic carbocycles. The fourth-order valence-corrected chi connectivity index (χ4v) is 3.69. The minimum absolute atomic E-state index is 0.0672. The number of nitrogens with zero attached hydrogens (tertiary/aromatic N) is 2. The zero-order valence-electron chi connectivity index (χ0n) is 16.0. The maximum atomic E-state index is 12.0. The summed E-state index contributed by atoms with van der Waals surface area (Å²) in [5, 5.41) is 0.936. The lowest BCUT2D eigenvalue weighted by Crippen LogP contribution is -2.48. The third kappa shape index (κ3) is 6.63. The van der Waals surface area contributed by atoms with E-state index in [0.717, 1.165) is 26.2 Å². The fourth-order valence-electron chi connectivity index (χ4n) is 3.21. The van der Waals surface area contributed by atoms with Gasteiger partial charge in [-0.2, -0.15) is 0 Å². The molecule has 29 heavy (non-hydrogen) atoms. The van der Waals surface area contributed by atoms with Crippen molar-refractivity contribution < 1.29 is 9.59 Å². The molecule has 3 rings (SSSR count). The molecule has 0 saturated carbocycles. The summed E-state index contributed by atoms with van der Waals surface area (Å²) >= 11 is 11.9. The van der Waals surface area contributed by atoms with Gasteiger partial charge in [-0.25, -0.2) is 0 Å². The number of rotatable bonds is 6. The summed E-state index contributed by atoms with van der Waals surface area (Å²) in [4.78, 5) is 28.6. The minimum atomic E-state index is -0.334.